The summed E-state index contributed by atoms with van der Waals surface area (Å²) in [6.45, 7) is 3.09. The second kappa shape index (κ2) is 18.4. The lowest BCUT2D eigenvalue weighted by molar-refractivity contribution is -0.122. The first-order valence-corrected chi connectivity index (χ1v) is 14.4. The molecule has 2 N–H and O–H groups in total. The van der Waals surface area contributed by atoms with Crippen LogP contribution in [0.3, 0.4) is 0 Å². The van der Waals surface area contributed by atoms with Crippen LogP contribution in [-0.2, 0) is 4.79 Å². The zero-order valence-electron chi connectivity index (χ0n) is 20.5. The molecule has 1 fully saturated rings. The minimum Gasteiger partial charge on any atom is -0.355 e. The molecule has 2 atom stereocenters. The first-order valence-electron chi connectivity index (χ1n) is 13.4. The van der Waals surface area contributed by atoms with E-state index in [0.29, 0.717) is 0 Å². The summed E-state index contributed by atoms with van der Waals surface area (Å²) in [4.78, 5) is 16.6. The normalized spacial score (nSPS) is 18.2. The van der Waals surface area contributed by atoms with E-state index in [2.05, 4.69) is 28.6 Å². The second-order valence-corrected chi connectivity index (χ2v) is 10.5. The molecule has 0 radical (unpaired) electrons. The molecule has 0 aromatic carbocycles. The summed E-state index contributed by atoms with van der Waals surface area (Å²) in [5, 5.41) is 6.72. The number of thioether (sulfide) groups is 1. The number of carbonyl (C=O) groups is 1. The van der Waals surface area contributed by atoms with Gasteiger partial charge in [-0.05, 0) is 18.1 Å². The van der Waals surface area contributed by atoms with Crippen LogP contribution < -0.4 is 10.6 Å². The van der Waals surface area contributed by atoms with Gasteiger partial charge < -0.3 is 5.32 Å². The largest absolute Gasteiger partial charge is 0.355 e. The third-order valence-electron chi connectivity index (χ3n) is 6.42. The van der Waals surface area contributed by atoms with Gasteiger partial charge in [-0.2, -0.15) is 0 Å². The molecule has 5 heteroatoms. The fourth-order valence-electron chi connectivity index (χ4n) is 4.35. The van der Waals surface area contributed by atoms with Gasteiger partial charge in [0.15, 0.2) is 0 Å². The molecular weight excluding hydrogens is 414 g/mol. The maximum atomic E-state index is 12.4. The Balaban J connectivity index is 1.32. The van der Waals surface area contributed by atoms with Gasteiger partial charge in [-0.25, -0.2) is 0 Å². The van der Waals surface area contributed by atoms with Crippen LogP contribution in [0.25, 0.3) is 0 Å². The van der Waals surface area contributed by atoms with Gasteiger partial charge in [0.1, 0.15) is 0 Å². The van der Waals surface area contributed by atoms with E-state index in [1.54, 1.807) is 18.0 Å². The molecule has 2 rings (SSSR count). The van der Waals surface area contributed by atoms with Gasteiger partial charge >= 0.3 is 0 Å². The molecule has 0 aliphatic carbocycles. The van der Waals surface area contributed by atoms with Gasteiger partial charge in [0.2, 0.25) is 5.91 Å². The molecule has 2 heterocycles. The van der Waals surface area contributed by atoms with Crippen molar-refractivity contribution in [1.29, 1.82) is 0 Å². The number of pyridine rings is 1. The summed E-state index contributed by atoms with van der Waals surface area (Å²) in [6, 6.07) is 3.92. The first kappa shape index (κ1) is 27.2. The van der Waals surface area contributed by atoms with Crippen molar-refractivity contribution in [2.24, 2.45) is 0 Å². The average molecular weight is 462 g/mol. The van der Waals surface area contributed by atoms with Crippen molar-refractivity contribution >= 4 is 17.7 Å². The van der Waals surface area contributed by atoms with Gasteiger partial charge in [-0.1, -0.05) is 109 Å². The van der Waals surface area contributed by atoms with Gasteiger partial charge in [0.25, 0.3) is 0 Å². The molecular formula is C27H47N3OS. The van der Waals surface area contributed by atoms with Crippen molar-refractivity contribution in [1.82, 2.24) is 15.6 Å². The number of aromatic nitrogens is 1. The number of amides is 1. The molecule has 32 heavy (non-hydrogen) atoms. The Morgan fingerprint density at radius 2 is 1.50 bits per heavy atom. The summed E-state index contributed by atoms with van der Waals surface area (Å²) in [5.74, 6) is 0.967. The fourth-order valence-corrected chi connectivity index (χ4v) is 5.58. The highest BCUT2D eigenvalue weighted by Gasteiger charge is 2.30. The highest BCUT2D eigenvalue weighted by Crippen LogP contribution is 2.32. The molecule has 1 aromatic heterocycles. The Morgan fingerprint density at radius 1 is 0.938 bits per heavy atom. The van der Waals surface area contributed by atoms with E-state index in [1.165, 1.54) is 96.3 Å². The van der Waals surface area contributed by atoms with Crippen LogP contribution in [0.1, 0.15) is 121 Å². The maximum Gasteiger partial charge on any atom is 0.238 e. The van der Waals surface area contributed by atoms with Crippen molar-refractivity contribution in [2.45, 2.75) is 121 Å². The molecule has 1 aromatic rings. The lowest BCUT2D eigenvalue weighted by atomic mass is 10.0. The third-order valence-corrected chi connectivity index (χ3v) is 7.68. The van der Waals surface area contributed by atoms with Crippen molar-refractivity contribution < 1.29 is 4.79 Å². The summed E-state index contributed by atoms with van der Waals surface area (Å²) in [5.41, 5.74) is 1.14. The molecule has 1 aliphatic rings. The zero-order chi connectivity index (χ0) is 22.7. The van der Waals surface area contributed by atoms with Gasteiger partial charge in [-0.3, -0.25) is 15.1 Å². The number of rotatable bonds is 19. The van der Waals surface area contributed by atoms with Crippen LogP contribution in [0.4, 0.5) is 0 Å². The highest BCUT2D eigenvalue weighted by atomic mass is 32.2. The topological polar surface area (TPSA) is 54.0 Å². The van der Waals surface area contributed by atoms with E-state index in [0.717, 1.165) is 24.3 Å². The SMILES string of the molecule is CCCCCCCCCCCCCCCCCCNC(=O)[C@H]1CSC(c2cccnc2)N1. The number of hydrogen-bond acceptors (Lipinski definition) is 4. The quantitative estimate of drug-likeness (QED) is 0.215. The first-order chi connectivity index (χ1) is 15.8. The van der Waals surface area contributed by atoms with Crippen molar-refractivity contribution in [3.8, 4) is 0 Å². The summed E-state index contributed by atoms with van der Waals surface area (Å²) >= 11 is 1.79. The summed E-state index contributed by atoms with van der Waals surface area (Å²) in [7, 11) is 0. The van der Waals surface area contributed by atoms with E-state index in [1.807, 2.05) is 12.3 Å². The van der Waals surface area contributed by atoms with E-state index in [4.69, 9.17) is 0 Å². The van der Waals surface area contributed by atoms with E-state index in [-0.39, 0.29) is 17.3 Å². The van der Waals surface area contributed by atoms with Crippen molar-refractivity contribution in [2.75, 3.05) is 12.3 Å². The number of carbonyl (C=O) groups excluding carboxylic acids is 1. The van der Waals surface area contributed by atoms with Crippen LogP contribution in [0.15, 0.2) is 24.5 Å². The second-order valence-electron chi connectivity index (χ2n) is 9.31. The Labute approximate surface area is 201 Å². The van der Waals surface area contributed by atoms with Crippen LogP contribution in [0, 0.1) is 0 Å². The maximum absolute atomic E-state index is 12.4. The molecule has 0 bridgehead atoms. The van der Waals surface area contributed by atoms with Gasteiger partial charge in [0, 0.05) is 24.7 Å². The fraction of sp³-hybridized carbons (Fsp3) is 0.778. The number of nitrogens with zero attached hydrogens (tertiary/aromatic N) is 1. The average Bonchev–Trinajstić information content (AvgIpc) is 3.32. The van der Waals surface area contributed by atoms with E-state index < -0.39 is 0 Å². The standard InChI is InChI=1S/C27H47N3OS/c1-2-3-4-5-6-7-8-9-10-11-12-13-14-15-16-17-21-29-26(31)25-23-32-27(30-25)24-19-18-20-28-22-24/h18-20,22,25,27,30H,2-17,21,23H2,1H3,(H,29,31)/t25-,27?/m1/s1. The molecule has 1 unspecified atom stereocenters. The van der Waals surface area contributed by atoms with Crippen molar-refractivity contribution in [3.63, 3.8) is 0 Å². The summed E-state index contributed by atoms with van der Waals surface area (Å²) in [6.07, 6.45) is 25.7. The lowest BCUT2D eigenvalue weighted by Gasteiger charge is -2.13. The molecule has 0 saturated carbocycles. The number of unbranched alkanes of at least 4 members (excludes halogenated alkanes) is 15. The molecule has 182 valence electrons. The molecule has 4 nitrogen and oxygen atoms in total. The molecule has 1 aliphatic heterocycles. The number of nitrogens with one attached hydrogen (secondary N) is 2. The minimum absolute atomic E-state index is 0.0914. The number of hydrogen-bond donors (Lipinski definition) is 2. The highest BCUT2D eigenvalue weighted by molar-refractivity contribution is 7.99. The monoisotopic (exact) mass is 461 g/mol. The predicted octanol–water partition coefficient (Wildman–Crippen LogP) is 7.16. The Bertz CT molecular complexity index is 584. The van der Waals surface area contributed by atoms with Crippen LogP contribution in [0.2, 0.25) is 0 Å². The Hall–Kier alpha value is -1.07. The third kappa shape index (κ3) is 12.2. The molecule has 1 saturated heterocycles. The van der Waals surface area contributed by atoms with Crippen LogP contribution in [-0.4, -0.2) is 29.2 Å². The van der Waals surface area contributed by atoms with Gasteiger partial charge in [-0.15, -0.1) is 11.8 Å². The lowest BCUT2D eigenvalue weighted by Crippen LogP contribution is -2.42. The van der Waals surface area contributed by atoms with Gasteiger partial charge in [0.05, 0.1) is 11.4 Å². The van der Waals surface area contributed by atoms with E-state index in [9.17, 15) is 4.79 Å². The Morgan fingerprint density at radius 3 is 2.03 bits per heavy atom. The summed E-state index contributed by atoms with van der Waals surface area (Å²) < 4.78 is 0. The molecule has 0 spiro atoms. The van der Waals surface area contributed by atoms with Crippen molar-refractivity contribution in [3.05, 3.63) is 30.1 Å². The zero-order valence-corrected chi connectivity index (χ0v) is 21.3. The van der Waals surface area contributed by atoms with E-state index >= 15 is 0 Å². The predicted molar refractivity (Wildman–Crippen MR) is 139 cm³/mol. The van der Waals surface area contributed by atoms with Crippen LogP contribution in [0.5, 0.6) is 0 Å². The Kier molecular flexibility index (Phi) is 15.6. The smallest absolute Gasteiger partial charge is 0.238 e. The minimum atomic E-state index is -0.0914. The van der Waals surface area contributed by atoms with Crippen LogP contribution >= 0.6 is 11.8 Å². The molecule has 1 amide bonds.